The highest BCUT2D eigenvalue weighted by Gasteiger charge is 2.20. The van der Waals surface area contributed by atoms with E-state index < -0.39 is 0 Å². The van der Waals surface area contributed by atoms with E-state index in [1.807, 2.05) is 12.3 Å². The Morgan fingerprint density at radius 3 is 1.40 bits per heavy atom. The standard InChI is InChI=1S/C57H35N/c1-3-14-39-31-43(24-22-36(39)11-1)56-51-29-27-42(52-35-55-49(21-10-30-58-55)47-18-7-8-19-48(47)52)34-54(51)57(44-25-23-37-12-2-4-15-40(37)32-44)50-28-26-41(33-53(50)56)46-20-9-16-38-13-5-6-17-45(38)46/h1-35H. The fourth-order valence-electron chi connectivity index (χ4n) is 9.52. The predicted molar refractivity (Wildman–Crippen MR) is 249 cm³/mol. The maximum absolute atomic E-state index is 4.85. The zero-order valence-electron chi connectivity index (χ0n) is 31.7. The lowest BCUT2D eigenvalue weighted by atomic mass is 9.82. The van der Waals surface area contributed by atoms with E-state index in [0.29, 0.717) is 0 Å². The Labute approximate surface area is 336 Å². The highest BCUT2D eigenvalue weighted by atomic mass is 14.6. The minimum atomic E-state index is 1.00. The third kappa shape index (κ3) is 5.14. The van der Waals surface area contributed by atoms with Crippen LogP contribution in [0.25, 0.3) is 120 Å². The summed E-state index contributed by atoms with van der Waals surface area (Å²) < 4.78 is 0. The zero-order chi connectivity index (χ0) is 38.2. The molecule has 58 heavy (non-hydrogen) atoms. The Morgan fingerprint density at radius 2 is 0.741 bits per heavy atom. The molecule has 0 amide bonds. The zero-order valence-corrected chi connectivity index (χ0v) is 31.7. The van der Waals surface area contributed by atoms with Crippen LogP contribution in [0.15, 0.2) is 212 Å². The van der Waals surface area contributed by atoms with Gasteiger partial charge in [0.15, 0.2) is 0 Å². The fraction of sp³-hybridized carbons (Fsp3) is 0. The third-order valence-electron chi connectivity index (χ3n) is 12.2. The lowest BCUT2D eigenvalue weighted by molar-refractivity contribution is 1.42. The third-order valence-corrected chi connectivity index (χ3v) is 12.2. The van der Waals surface area contributed by atoms with Crippen LogP contribution in [0.2, 0.25) is 0 Å². The van der Waals surface area contributed by atoms with Crippen molar-refractivity contribution in [2.45, 2.75) is 0 Å². The number of benzene rings is 11. The van der Waals surface area contributed by atoms with Crippen LogP contribution in [0, 0.1) is 0 Å². The Kier molecular flexibility index (Phi) is 7.30. The quantitative estimate of drug-likeness (QED) is 0.130. The van der Waals surface area contributed by atoms with Crippen molar-refractivity contribution in [1.29, 1.82) is 0 Å². The lowest BCUT2D eigenvalue weighted by Gasteiger charge is -2.21. The van der Waals surface area contributed by atoms with Gasteiger partial charge in [0.05, 0.1) is 5.52 Å². The van der Waals surface area contributed by atoms with Gasteiger partial charge in [-0.2, -0.15) is 0 Å². The molecule has 1 heteroatoms. The molecule has 0 atom stereocenters. The summed E-state index contributed by atoms with van der Waals surface area (Å²) in [7, 11) is 0. The smallest absolute Gasteiger partial charge is 0.0714 e. The van der Waals surface area contributed by atoms with Crippen LogP contribution in [0.3, 0.4) is 0 Å². The summed E-state index contributed by atoms with van der Waals surface area (Å²) in [6.45, 7) is 0. The topological polar surface area (TPSA) is 12.9 Å². The van der Waals surface area contributed by atoms with Crippen LogP contribution in [-0.4, -0.2) is 4.98 Å². The van der Waals surface area contributed by atoms with Gasteiger partial charge < -0.3 is 0 Å². The number of rotatable bonds is 4. The first kappa shape index (κ1) is 32.6. The second-order valence-electron chi connectivity index (χ2n) is 15.5. The minimum absolute atomic E-state index is 1.00. The second kappa shape index (κ2) is 13.0. The minimum Gasteiger partial charge on any atom is -0.256 e. The van der Waals surface area contributed by atoms with E-state index in [1.54, 1.807) is 0 Å². The van der Waals surface area contributed by atoms with Crippen LogP contribution >= 0.6 is 0 Å². The molecule has 12 aromatic rings. The molecule has 0 bridgehead atoms. The van der Waals surface area contributed by atoms with Crippen molar-refractivity contribution in [1.82, 2.24) is 4.98 Å². The Bertz CT molecular complexity index is 3630. The van der Waals surface area contributed by atoms with Gasteiger partial charge >= 0.3 is 0 Å². The molecule has 0 aliphatic rings. The van der Waals surface area contributed by atoms with Crippen LogP contribution in [0.4, 0.5) is 0 Å². The Hall–Kier alpha value is -7.61. The van der Waals surface area contributed by atoms with Crippen LogP contribution in [-0.2, 0) is 0 Å². The average Bonchev–Trinajstić information content (AvgIpc) is 3.29. The van der Waals surface area contributed by atoms with E-state index in [0.717, 1.165) is 5.52 Å². The lowest BCUT2D eigenvalue weighted by Crippen LogP contribution is -1.94. The highest BCUT2D eigenvalue weighted by molar-refractivity contribution is 6.24. The maximum Gasteiger partial charge on any atom is 0.0714 e. The molecule has 0 fully saturated rings. The van der Waals surface area contributed by atoms with E-state index in [9.17, 15) is 0 Å². The molecule has 0 N–H and O–H groups in total. The van der Waals surface area contributed by atoms with Gasteiger partial charge in [0.2, 0.25) is 0 Å². The van der Waals surface area contributed by atoms with E-state index >= 15 is 0 Å². The maximum atomic E-state index is 4.85. The summed E-state index contributed by atoms with van der Waals surface area (Å²) in [5, 5.41) is 16.0. The number of hydrogen-bond donors (Lipinski definition) is 0. The molecule has 0 aliphatic heterocycles. The molecule has 0 spiro atoms. The van der Waals surface area contributed by atoms with Crippen molar-refractivity contribution in [3.63, 3.8) is 0 Å². The summed E-state index contributed by atoms with van der Waals surface area (Å²) in [6, 6.07) is 76.2. The molecule has 0 radical (unpaired) electrons. The molecule has 268 valence electrons. The van der Waals surface area contributed by atoms with Gasteiger partial charge in [0.1, 0.15) is 0 Å². The molecular weight excluding hydrogens is 699 g/mol. The van der Waals surface area contributed by atoms with Crippen molar-refractivity contribution in [3.05, 3.63) is 212 Å². The van der Waals surface area contributed by atoms with Crippen molar-refractivity contribution < 1.29 is 0 Å². The first-order valence-electron chi connectivity index (χ1n) is 20.0. The second-order valence-corrected chi connectivity index (χ2v) is 15.5. The summed E-state index contributed by atoms with van der Waals surface area (Å²) >= 11 is 0. The van der Waals surface area contributed by atoms with E-state index in [4.69, 9.17) is 4.98 Å². The molecular formula is C57H35N. The molecule has 0 unspecified atom stereocenters. The number of hydrogen-bond acceptors (Lipinski definition) is 1. The largest absolute Gasteiger partial charge is 0.256 e. The summed E-state index contributed by atoms with van der Waals surface area (Å²) in [5.41, 5.74) is 10.7. The average molecular weight is 734 g/mol. The van der Waals surface area contributed by atoms with Gasteiger partial charge in [0.25, 0.3) is 0 Å². The molecule has 11 aromatic carbocycles. The van der Waals surface area contributed by atoms with Gasteiger partial charge in [-0.25, -0.2) is 0 Å². The molecule has 0 saturated heterocycles. The summed E-state index contributed by atoms with van der Waals surface area (Å²) in [4.78, 5) is 4.85. The summed E-state index contributed by atoms with van der Waals surface area (Å²) in [5.74, 6) is 0. The fourth-order valence-corrected chi connectivity index (χ4v) is 9.52. The van der Waals surface area contributed by atoms with E-state index in [-0.39, 0.29) is 0 Å². The van der Waals surface area contributed by atoms with Gasteiger partial charge in [-0.3, -0.25) is 4.98 Å². The molecule has 0 aliphatic carbocycles. The van der Waals surface area contributed by atoms with Crippen LogP contribution in [0.5, 0.6) is 0 Å². The molecule has 0 saturated carbocycles. The number of pyridine rings is 1. The summed E-state index contributed by atoms with van der Waals surface area (Å²) in [6.07, 6.45) is 1.90. The monoisotopic (exact) mass is 733 g/mol. The van der Waals surface area contributed by atoms with Crippen LogP contribution < -0.4 is 0 Å². The molecule has 1 aromatic heterocycles. The van der Waals surface area contributed by atoms with Gasteiger partial charge in [-0.1, -0.05) is 170 Å². The van der Waals surface area contributed by atoms with Crippen molar-refractivity contribution in [3.8, 4) is 44.5 Å². The molecule has 1 nitrogen and oxygen atoms in total. The Morgan fingerprint density at radius 1 is 0.241 bits per heavy atom. The van der Waals surface area contributed by atoms with Crippen LogP contribution in [0.1, 0.15) is 0 Å². The number of aromatic nitrogens is 1. The SMILES string of the molecule is c1ccc2cc(-c3c4ccc(-c5cc6ncccc6c6ccccc56)cc4c(-c4ccc5ccccc5c4)c4ccc(-c5cccc6ccccc56)cc34)ccc2c1. The highest BCUT2D eigenvalue weighted by Crippen LogP contribution is 2.48. The number of nitrogens with zero attached hydrogens (tertiary/aromatic N) is 1. The first-order valence-corrected chi connectivity index (χ1v) is 20.0. The van der Waals surface area contributed by atoms with Gasteiger partial charge in [-0.05, 0) is 146 Å². The van der Waals surface area contributed by atoms with Crippen molar-refractivity contribution >= 4 is 75.5 Å². The first-order chi connectivity index (χ1) is 28.7. The predicted octanol–water partition coefficient (Wildman–Crippen LogP) is 15.8. The van der Waals surface area contributed by atoms with E-state index in [2.05, 4.69) is 200 Å². The number of fused-ring (bicyclic) bond motifs is 8. The Balaban J connectivity index is 1.23. The van der Waals surface area contributed by atoms with Gasteiger partial charge in [0, 0.05) is 11.6 Å². The normalized spacial score (nSPS) is 11.8. The van der Waals surface area contributed by atoms with Gasteiger partial charge in [-0.15, -0.1) is 0 Å². The van der Waals surface area contributed by atoms with Crippen molar-refractivity contribution in [2.24, 2.45) is 0 Å². The van der Waals surface area contributed by atoms with E-state index in [1.165, 1.54) is 115 Å². The molecule has 1 heterocycles. The van der Waals surface area contributed by atoms with Crippen molar-refractivity contribution in [2.75, 3.05) is 0 Å². The molecule has 12 rings (SSSR count).